The normalized spacial score (nSPS) is 16.7. The lowest BCUT2D eigenvalue weighted by Crippen LogP contribution is -2.38. The van der Waals surface area contributed by atoms with Crippen molar-refractivity contribution in [3.8, 4) is 11.5 Å². The Balaban J connectivity index is 0.00000338. The maximum absolute atomic E-state index is 6.26. The van der Waals surface area contributed by atoms with Gasteiger partial charge in [0.25, 0.3) is 0 Å². The van der Waals surface area contributed by atoms with E-state index in [2.05, 4.69) is 30.0 Å². The van der Waals surface area contributed by atoms with Crippen molar-refractivity contribution in [3.63, 3.8) is 0 Å². The Labute approximate surface area is 174 Å². The summed E-state index contributed by atoms with van der Waals surface area (Å²) in [6.07, 6.45) is 4.97. The lowest BCUT2D eigenvalue weighted by Gasteiger charge is -2.26. The Bertz CT molecular complexity index is 573. The molecule has 0 spiro atoms. The number of hydrogen-bond donors (Lipinski definition) is 1. The summed E-state index contributed by atoms with van der Waals surface area (Å²) in [6, 6.07) is 6.14. The molecule has 0 saturated carbocycles. The third kappa shape index (κ3) is 6.19. The predicted octanol–water partition coefficient (Wildman–Crippen LogP) is 3.12. The fraction of sp³-hybridized carbons (Fsp3) is 0.632. The van der Waals surface area contributed by atoms with Crippen LogP contribution in [0.15, 0.2) is 23.2 Å². The quantitative estimate of drug-likeness (QED) is 0.389. The predicted molar refractivity (Wildman–Crippen MR) is 118 cm³/mol. The van der Waals surface area contributed by atoms with E-state index >= 15 is 0 Å². The smallest absolute Gasteiger partial charge is 0.191 e. The van der Waals surface area contributed by atoms with E-state index in [4.69, 9.17) is 20.2 Å². The molecule has 1 aliphatic rings. The maximum Gasteiger partial charge on any atom is 0.191 e. The molecule has 1 fully saturated rings. The van der Waals surface area contributed by atoms with Crippen molar-refractivity contribution in [2.45, 2.75) is 31.7 Å². The van der Waals surface area contributed by atoms with Gasteiger partial charge in [-0.2, -0.15) is 0 Å². The summed E-state index contributed by atoms with van der Waals surface area (Å²) in [5.74, 6) is 2.13. The second-order valence-corrected chi connectivity index (χ2v) is 6.69. The van der Waals surface area contributed by atoms with E-state index in [9.17, 15) is 0 Å². The molecule has 7 heteroatoms. The molecule has 26 heavy (non-hydrogen) atoms. The van der Waals surface area contributed by atoms with Gasteiger partial charge in [0.05, 0.1) is 26.8 Å². The number of methoxy groups -OCH3 is 2. The number of likely N-dealkylation sites (tertiary alicyclic amines) is 1. The zero-order valence-corrected chi connectivity index (χ0v) is 18.7. The molecule has 0 amide bonds. The van der Waals surface area contributed by atoms with Crippen LogP contribution >= 0.6 is 24.0 Å². The van der Waals surface area contributed by atoms with Crippen LogP contribution < -0.4 is 15.2 Å². The highest BCUT2D eigenvalue weighted by molar-refractivity contribution is 14.0. The van der Waals surface area contributed by atoms with E-state index in [0.717, 1.165) is 30.2 Å². The highest BCUT2D eigenvalue weighted by atomic mass is 127. The first-order chi connectivity index (χ1) is 12.1. The van der Waals surface area contributed by atoms with Gasteiger partial charge in [-0.15, -0.1) is 24.0 Å². The van der Waals surface area contributed by atoms with Crippen LogP contribution in [0.25, 0.3) is 0 Å². The number of guanidine groups is 1. The topological polar surface area (TPSA) is 63.3 Å². The summed E-state index contributed by atoms with van der Waals surface area (Å²) in [7, 11) is 7.41. The average molecular weight is 476 g/mol. The van der Waals surface area contributed by atoms with Crippen LogP contribution in [0.4, 0.5) is 0 Å². The van der Waals surface area contributed by atoms with Gasteiger partial charge in [0.2, 0.25) is 0 Å². The van der Waals surface area contributed by atoms with E-state index < -0.39 is 0 Å². The molecule has 1 atom stereocenters. The van der Waals surface area contributed by atoms with E-state index in [1.54, 1.807) is 14.2 Å². The summed E-state index contributed by atoms with van der Waals surface area (Å²) < 4.78 is 10.8. The number of rotatable bonds is 6. The molecule has 0 aromatic heterocycles. The monoisotopic (exact) mass is 476 g/mol. The summed E-state index contributed by atoms with van der Waals surface area (Å²) in [4.78, 5) is 9.06. The number of nitrogens with two attached hydrogens (primary N) is 1. The first-order valence-corrected chi connectivity index (χ1v) is 9.00. The van der Waals surface area contributed by atoms with Gasteiger partial charge >= 0.3 is 0 Å². The van der Waals surface area contributed by atoms with E-state index in [0.29, 0.717) is 12.5 Å². The number of nitrogens with zero attached hydrogens (tertiary/aromatic N) is 3. The Morgan fingerprint density at radius 1 is 1.12 bits per heavy atom. The molecule has 148 valence electrons. The number of benzene rings is 1. The minimum absolute atomic E-state index is 0. The van der Waals surface area contributed by atoms with Crippen molar-refractivity contribution in [2.24, 2.45) is 10.7 Å². The number of likely N-dealkylation sites (N-methyl/N-ethyl adjacent to an activating group) is 1. The lowest BCUT2D eigenvalue weighted by atomic mass is 10.1. The number of aliphatic imine (C=N–C) groups is 1. The first-order valence-electron chi connectivity index (χ1n) is 9.00. The Morgan fingerprint density at radius 3 is 2.27 bits per heavy atom. The molecule has 2 rings (SSSR count). The van der Waals surface area contributed by atoms with Crippen LogP contribution in [0.2, 0.25) is 0 Å². The van der Waals surface area contributed by atoms with Gasteiger partial charge in [-0.25, -0.2) is 0 Å². The summed E-state index contributed by atoms with van der Waals surface area (Å²) in [5.41, 5.74) is 7.39. The Morgan fingerprint density at radius 2 is 1.73 bits per heavy atom. The van der Waals surface area contributed by atoms with Crippen LogP contribution in [0.1, 0.15) is 37.3 Å². The molecular weight excluding hydrogens is 443 g/mol. The van der Waals surface area contributed by atoms with Crippen LogP contribution in [0.3, 0.4) is 0 Å². The molecule has 1 aromatic rings. The van der Waals surface area contributed by atoms with Crippen LogP contribution in [0.5, 0.6) is 11.5 Å². The highest BCUT2D eigenvalue weighted by Crippen LogP contribution is 2.31. The molecule has 0 radical (unpaired) electrons. The molecule has 1 unspecified atom stereocenters. The highest BCUT2D eigenvalue weighted by Gasteiger charge is 2.18. The van der Waals surface area contributed by atoms with Gasteiger partial charge in [0.15, 0.2) is 17.5 Å². The zero-order valence-electron chi connectivity index (χ0n) is 16.4. The Hall–Kier alpha value is -1.22. The molecular formula is C19H33IN4O2. The molecule has 2 N–H and O–H groups in total. The van der Waals surface area contributed by atoms with Crippen molar-refractivity contribution in [1.82, 2.24) is 9.80 Å². The third-order valence-corrected chi connectivity index (χ3v) is 4.77. The molecule has 6 nitrogen and oxygen atoms in total. The summed E-state index contributed by atoms with van der Waals surface area (Å²) >= 11 is 0. The Kier molecular flexibility index (Phi) is 10.1. The molecule has 1 aliphatic heterocycles. The fourth-order valence-corrected chi connectivity index (χ4v) is 3.21. The number of halogens is 1. The zero-order chi connectivity index (χ0) is 18.2. The summed E-state index contributed by atoms with van der Waals surface area (Å²) in [6.45, 7) is 2.64. The van der Waals surface area contributed by atoms with Crippen LogP contribution in [0, 0.1) is 0 Å². The van der Waals surface area contributed by atoms with Gasteiger partial charge in [-0.3, -0.25) is 4.99 Å². The fourth-order valence-electron chi connectivity index (χ4n) is 3.21. The second kappa shape index (κ2) is 11.5. The van der Waals surface area contributed by atoms with Crippen molar-refractivity contribution in [3.05, 3.63) is 23.8 Å². The molecule has 0 bridgehead atoms. The minimum Gasteiger partial charge on any atom is -0.493 e. The van der Waals surface area contributed by atoms with Gasteiger partial charge in [0.1, 0.15) is 0 Å². The van der Waals surface area contributed by atoms with Gasteiger partial charge in [-0.05, 0) is 44.6 Å². The van der Waals surface area contributed by atoms with Crippen LogP contribution in [-0.4, -0.2) is 63.7 Å². The van der Waals surface area contributed by atoms with Gasteiger partial charge in [-0.1, -0.05) is 18.9 Å². The molecule has 1 aromatic carbocycles. The van der Waals surface area contributed by atoms with Crippen molar-refractivity contribution in [1.29, 1.82) is 0 Å². The number of hydrogen-bond acceptors (Lipinski definition) is 4. The molecule has 1 saturated heterocycles. The van der Waals surface area contributed by atoms with Gasteiger partial charge < -0.3 is 25.0 Å². The van der Waals surface area contributed by atoms with E-state index in [1.807, 2.05) is 12.1 Å². The largest absolute Gasteiger partial charge is 0.493 e. The lowest BCUT2D eigenvalue weighted by molar-refractivity contribution is 0.302. The van der Waals surface area contributed by atoms with Gasteiger partial charge in [0, 0.05) is 13.1 Å². The summed E-state index contributed by atoms with van der Waals surface area (Å²) in [5, 5.41) is 0. The molecule has 0 aliphatic carbocycles. The maximum atomic E-state index is 6.26. The van der Waals surface area contributed by atoms with Crippen molar-refractivity contribution < 1.29 is 9.47 Å². The van der Waals surface area contributed by atoms with Crippen molar-refractivity contribution in [2.75, 3.05) is 47.9 Å². The minimum atomic E-state index is 0. The number of ether oxygens (including phenoxy) is 2. The van der Waals surface area contributed by atoms with E-state index in [-0.39, 0.29) is 30.0 Å². The second-order valence-electron chi connectivity index (χ2n) is 6.69. The van der Waals surface area contributed by atoms with Crippen molar-refractivity contribution >= 4 is 29.9 Å². The van der Waals surface area contributed by atoms with Crippen LogP contribution in [-0.2, 0) is 0 Å². The van der Waals surface area contributed by atoms with E-state index in [1.165, 1.54) is 25.7 Å². The third-order valence-electron chi connectivity index (χ3n) is 4.77. The molecule has 1 heterocycles. The average Bonchev–Trinajstić information content (AvgIpc) is 2.90. The SMILES string of the molecule is COc1ccc(C(CN=C(N)N2CCCCCC2)N(C)C)cc1OC.I. The first kappa shape index (κ1) is 22.8. The standard InChI is InChI=1S/C19H32N4O2.HI/c1-22(2)16(15-9-10-17(24-3)18(13-15)25-4)14-21-19(20)23-11-7-5-6-8-12-23;/h9-10,13,16H,5-8,11-12,14H2,1-4H3,(H2,20,21);1H.